The van der Waals surface area contributed by atoms with Crippen molar-refractivity contribution in [3.8, 4) is 0 Å². The fourth-order valence-corrected chi connectivity index (χ4v) is 2.38. The number of rotatable bonds is 4. The summed E-state index contributed by atoms with van der Waals surface area (Å²) >= 11 is 0. The number of benzene rings is 2. The summed E-state index contributed by atoms with van der Waals surface area (Å²) in [6, 6.07) is 14.8. The molecule has 0 aliphatic heterocycles. The van der Waals surface area contributed by atoms with Gasteiger partial charge in [0.25, 0.3) is 0 Å². The number of aryl methyl sites for hydroxylation is 1. The fraction of sp³-hybridized carbons (Fsp3) is 0.267. The van der Waals surface area contributed by atoms with Gasteiger partial charge in [-0.2, -0.15) is 4.80 Å². The van der Waals surface area contributed by atoms with Crippen LogP contribution in [0.1, 0.15) is 11.4 Å². The van der Waals surface area contributed by atoms with Crippen LogP contribution in [0.2, 0.25) is 0 Å². The van der Waals surface area contributed by atoms with Crippen molar-refractivity contribution in [2.45, 2.75) is 18.9 Å². The average Bonchev–Trinajstić information content (AvgIpc) is 2.83. The molecule has 0 radical (unpaired) electrons. The van der Waals surface area contributed by atoms with Gasteiger partial charge in [-0.05, 0) is 28.0 Å². The van der Waals surface area contributed by atoms with Crippen molar-refractivity contribution in [3.05, 3.63) is 53.9 Å². The molecule has 0 saturated heterocycles. The Bertz CT molecular complexity index is 719. The van der Waals surface area contributed by atoms with E-state index in [1.165, 1.54) is 21.1 Å². The topological polar surface area (TPSA) is 69.6 Å². The standard InChI is InChI=1S/C15H17N5/c1-20-18-15(17-19-20)10-14(16)9-11-6-7-12-4-2-3-5-13(12)8-11/h2-8,14H,9-10,16H2,1H3. The summed E-state index contributed by atoms with van der Waals surface area (Å²) in [5.74, 6) is 0.695. The Hall–Kier alpha value is -2.27. The van der Waals surface area contributed by atoms with Crippen LogP contribution < -0.4 is 5.73 Å². The number of nitrogens with zero attached hydrogens (tertiary/aromatic N) is 4. The Morgan fingerprint density at radius 2 is 1.90 bits per heavy atom. The number of hydrogen-bond donors (Lipinski definition) is 1. The summed E-state index contributed by atoms with van der Waals surface area (Å²) in [6.07, 6.45) is 1.45. The van der Waals surface area contributed by atoms with E-state index in [2.05, 4.69) is 51.8 Å². The molecule has 3 aromatic rings. The lowest BCUT2D eigenvalue weighted by atomic mass is 10.0. The molecule has 0 aliphatic carbocycles. The molecule has 1 aromatic heterocycles. The number of aromatic nitrogens is 4. The second-order valence-electron chi connectivity index (χ2n) is 5.04. The molecule has 0 spiro atoms. The van der Waals surface area contributed by atoms with Crippen molar-refractivity contribution in [2.24, 2.45) is 12.8 Å². The van der Waals surface area contributed by atoms with E-state index < -0.39 is 0 Å². The van der Waals surface area contributed by atoms with Gasteiger partial charge in [0.1, 0.15) is 0 Å². The van der Waals surface area contributed by atoms with E-state index in [-0.39, 0.29) is 6.04 Å². The molecule has 2 aromatic carbocycles. The summed E-state index contributed by atoms with van der Waals surface area (Å²) < 4.78 is 0. The quantitative estimate of drug-likeness (QED) is 0.777. The Kier molecular flexibility index (Phi) is 3.43. The zero-order chi connectivity index (χ0) is 13.9. The Morgan fingerprint density at radius 1 is 1.10 bits per heavy atom. The predicted octanol–water partition coefficient (Wildman–Crippen LogP) is 1.48. The first-order valence-corrected chi connectivity index (χ1v) is 6.67. The minimum atomic E-state index is 0.000335. The molecular weight excluding hydrogens is 250 g/mol. The maximum atomic E-state index is 6.17. The van der Waals surface area contributed by atoms with E-state index in [0.717, 1.165) is 6.42 Å². The second kappa shape index (κ2) is 5.38. The number of tetrazole rings is 1. The summed E-state index contributed by atoms with van der Waals surface area (Å²) in [5, 5.41) is 14.4. The summed E-state index contributed by atoms with van der Waals surface area (Å²) in [5.41, 5.74) is 7.41. The molecule has 1 heterocycles. The smallest absolute Gasteiger partial charge is 0.176 e. The fourth-order valence-electron chi connectivity index (χ4n) is 2.38. The highest BCUT2D eigenvalue weighted by atomic mass is 15.6. The van der Waals surface area contributed by atoms with Gasteiger partial charge in [-0.15, -0.1) is 10.2 Å². The van der Waals surface area contributed by atoms with Crippen LogP contribution in [0.15, 0.2) is 42.5 Å². The molecule has 3 rings (SSSR count). The van der Waals surface area contributed by atoms with Gasteiger partial charge in [-0.1, -0.05) is 42.5 Å². The highest BCUT2D eigenvalue weighted by Gasteiger charge is 2.09. The predicted molar refractivity (Wildman–Crippen MR) is 78.1 cm³/mol. The van der Waals surface area contributed by atoms with E-state index in [1.54, 1.807) is 7.05 Å². The van der Waals surface area contributed by atoms with Gasteiger partial charge in [0.15, 0.2) is 5.82 Å². The molecule has 1 atom stereocenters. The van der Waals surface area contributed by atoms with Crippen molar-refractivity contribution in [1.29, 1.82) is 0 Å². The molecule has 0 saturated carbocycles. The maximum absolute atomic E-state index is 6.17. The van der Waals surface area contributed by atoms with Gasteiger partial charge in [0.2, 0.25) is 0 Å². The van der Waals surface area contributed by atoms with Gasteiger partial charge in [0.05, 0.1) is 7.05 Å². The van der Waals surface area contributed by atoms with Gasteiger partial charge in [-0.3, -0.25) is 0 Å². The van der Waals surface area contributed by atoms with Crippen LogP contribution in [0.3, 0.4) is 0 Å². The summed E-state index contributed by atoms with van der Waals surface area (Å²) in [4.78, 5) is 1.46. The lowest BCUT2D eigenvalue weighted by Gasteiger charge is -2.10. The van der Waals surface area contributed by atoms with Crippen LogP contribution in [0, 0.1) is 0 Å². The Labute approximate surface area is 117 Å². The SMILES string of the molecule is Cn1nnc(CC(N)Cc2ccc3ccccc3c2)n1. The van der Waals surface area contributed by atoms with Crippen LogP contribution >= 0.6 is 0 Å². The monoisotopic (exact) mass is 267 g/mol. The van der Waals surface area contributed by atoms with Crippen molar-refractivity contribution < 1.29 is 0 Å². The van der Waals surface area contributed by atoms with Crippen LogP contribution in [0.4, 0.5) is 0 Å². The van der Waals surface area contributed by atoms with Gasteiger partial charge in [0, 0.05) is 12.5 Å². The number of nitrogens with two attached hydrogens (primary N) is 1. The molecule has 102 valence electrons. The van der Waals surface area contributed by atoms with Gasteiger partial charge >= 0.3 is 0 Å². The molecule has 1 unspecified atom stereocenters. The first-order valence-electron chi connectivity index (χ1n) is 6.67. The van der Waals surface area contributed by atoms with Crippen molar-refractivity contribution in [2.75, 3.05) is 0 Å². The third kappa shape index (κ3) is 2.83. The zero-order valence-electron chi connectivity index (χ0n) is 11.4. The summed E-state index contributed by atoms with van der Waals surface area (Å²) in [6.45, 7) is 0. The van der Waals surface area contributed by atoms with Gasteiger partial charge < -0.3 is 5.73 Å². The Balaban J connectivity index is 1.72. The molecule has 0 fully saturated rings. The molecular formula is C15H17N5. The van der Waals surface area contributed by atoms with Crippen LogP contribution in [0.25, 0.3) is 10.8 Å². The molecule has 20 heavy (non-hydrogen) atoms. The van der Waals surface area contributed by atoms with Crippen molar-refractivity contribution in [1.82, 2.24) is 20.2 Å². The summed E-state index contributed by atoms with van der Waals surface area (Å²) in [7, 11) is 1.76. The zero-order valence-corrected chi connectivity index (χ0v) is 11.4. The maximum Gasteiger partial charge on any atom is 0.176 e. The molecule has 5 heteroatoms. The third-order valence-corrected chi connectivity index (χ3v) is 3.31. The lowest BCUT2D eigenvalue weighted by Crippen LogP contribution is -2.26. The highest BCUT2D eigenvalue weighted by Crippen LogP contribution is 2.16. The molecule has 0 aliphatic rings. The van der Waals surface area contributed by atoms with E-state index in [1.807, 2.05) is 6.07 Å². The lowest BCUT2D eigenvalue weighted by molar-refractivity contribution is 0.615. The van der Waals surface area contributed by atoms with Crippen LogP contribution in [-0.2, 0) is 19.9 Å². The van der Waals surface area contributed by atoms with E-state index >= 15 is 0 Å². The normalized spacial score (nSPS) is 12.7. The first-order chi connectivity index (χ1) is 9.70. The second-order valence-corrected chi connectivity index (χ2v) is 5.04. The molecule has 2 N–H and O–H groups in total. The largest absolute Gasteiger partial charge is 0.327 e. The van der Waals surface area contributed by atoms with E-state index in [9.17, 15) is 0 Å². The molecule has 0 bridgehead atoms. The Morgan fingerprint density at radius 3 is 2.65 bits per heavy atom. The van der Waals surface area contributed by atoms with E-state index in [4.69, 9.17) is 5.73 Å². The third-order valence-electron chi connectivity index (χ3n) is 3.31. The van der Waals surface area contributed by atoms with Crippen LogP contribution in [0.5, 0.6) is 0 Å². The minimum absolute atomic E-state index is 0.000335. The molecule has 5 nitrogen and oxygen atoms in total. The van der Waals surface area contributed by atoms with Crippen LogP contribution in [-0.4, -0.2) is 26.2 Å². The van der Waals surface area contributed by atoms with Gasteiger partial charge in [-0.25, -0.2) is 0 Å². The molecule has 0 amide bonds. The van der Waals surface area contributed by atoms with Crippen molar-refractivity contribution >= 4 is 10.8 Å². The number of hydrogen-bond acceptors (Lipinski definition) is 4. The first kappa shape index (κ1) is 12.7. The average molecular weight is 267 g/mol. The van der Waals surface area contributed by atoms with Crippen molar-refractivity contribution in [3.63, 3.8) is 0 Å². The number of fused-ring (bicyclic) bond motifs is 1. The van der Waals surface area contributed by atoms with E-state index in [0.29, 0.717) is 12.2 Å². The highest BCUT2D eigenvalue weighted by molar-refractivity contribution is 5.82. The minimum Gasteiger partial charge on any atom is -0.327 e.